The van der Waals surface area contributed by atoms with Crippen LogP contribution < -0.4 is 4.74 Å². The first-order valence-corrected chi connectivity index (χ1v) is 12.1. The maximum Gasteiger partial charge on any atom is 0.251 e. The Morgan fingerprint density at radius 2 is 2.00 bits per heavy atom. The quantitative estimate of drug-likeness (QED) is 0.441. The number of hydrogen-bond acceptors (Lipinski definition) is 7. The van der Waals surface area contributed by atoms with E-state index in [2.05, 4.69) is 15.2 Å². The fourth-order valence-electron chi connectivity index (χ4n) is 5.06. The fourth-order valence-corrected chi connectivity index (χ4v) is 5.06. The molecule has 10 heteroatoms. The molecule has 0 aliphatic carbocycles. The van der Waals surface area contributed by atoms with Crippen LogP contribution in [0.3, 0.4) is 0 Å². The Balaban J connectivity index is 1.50. The number of halogens is 1. The summed E-state index contributed by atoms with van der Waals surface area (Å²) in [6, 6.07) is 5.45. The van der Waals surface area contributed by atoms with E-state index in [9.17, 15) is 14.3 Å². The first-order valence-electron chi connectivity index (χ1n) is 12.1. The van der Waals surface area contributed by atoms with Crippen LogP contribution in [0.4, 0.5) is 4.39 Å². The molecule has 0 radical (unpaired) electrons. The summed E-state index contributed by atoms with van der Waals surface area (Å²) in [6.45, 7) is 3.46. The highest BCUT2D eigenvalue weighted by Crippen LogP contribution is 2.43. The van der Waals surface area contributed by atoms with Crippen molar-refractivity contribution in [3.63, 3.8) is 0 Å². The highest BCUT2D eigenvalue weighted by atomic mass is 19.1. The number of amides is 1. The number of H-pyrrole nitrogens is 1. The van der Waals surface area contributed by atoms with Gasteiger partial charge in [-0.3, -0.25) is 14.9 Å². The third-order valence-electron chi connectivity index (χ3n) is 6.95. The van der Waals surface area contributed by atoms with Crippen molar-refractivity contribution in [2.24, 2.45) is 0 Å². The summed E-state index contributed by atoms with van der Waals surface area (Å²) in [5.41, 5.74) is 3.14. The molecule has 0 saturated carbocycles. The minimum Gasteiger partial charge on any atom is -0.470 e. The van der Waals surface area contributed by atoms with Crippen molar-refractivity contribution >= 4 is 27.6 Å². The lowest BCUT2D eigenvalue weighted by Gasteiger charge is -2.39. The van der Waals surface area contributed by atoms with Crippen molar-refractivity contribution in [1.29, 1.82) is 0 Å². The van der Waals surface area contributed by atoms with Crippen molar-refractivity contribution in [3.05, 3.63) is 48.3 Å². The molecular weight excluding hydrogens is 465 g/mol. The molecule has 3 aromatic heterocycles. The number of benzene rings is 1. The average Bonchev–Trinajstić information content (AvgIpc) is 3.32. The molecule has 2 N–H and O–H groups in total. The largest absolute Gasteiger partial charge is 0.470 e. The molecule has 6 rings (SSSR count). The van der Waals surface area contributed by atoms with Crippen LogP contribution in [-0.2, 0) is 9.53 Å². The predicted molar refractivity (Wildman–Crippen MR) is 130 cm³/mol. The molecule has 2 saturated heterocycles. The summed E-state index contributed by atoms with van der Waals surface area (Å²) in [5, 5.41) is 19.3. The van der Waals surface area contributed by atoms with Crippen molar-refractivity contribution in [3.8, 4) is 17.0 Å². The molecule has 36 heavy (non-hydrogen) atoms. The molecule has 1 atom stereocenters. The van der Waals surface area contributed by atoms with Gasteiger partial charge in [-0.25, -0.2) is 9.37 Å². The lowest BCUT2D eigenvalue weighted by Crippen LogP contribution is -2.58. The lowest BCUT2D eigenvalue weighted by atomic mass is 9.87. The van der Waals surface area contributed by atoms with Gasteiger partial charge in [-0.2, -0.15) is 5.10 Å². The number of aliphatic hydroxyl groups excluding tert-OH is 1. The molecule has 9 nitrogen and oxygen atoms in total. The van der Waals surface area contributed by atoms with E-state index in [1.807, 2.05) is 12.1 Å². The molecule has 5 heterocycles. The number of aromatic nitrogens is 4. The number of nitrogens with one attached hydrogen (secondary N) is 1. The highest BCUT2D eigenvalue weighted by Gasteiger charge is 2.35. The Bertz CT molecular complexity index is 1440. The number of aromatic amines is 1. The van der Waals surface area contributed by atoms with E-state index < -0.39 is 11.9 Å². The standard InChI is InChI=1S/C26H26FN5O4/c1-14(33)26(34)32-12-19(13-32)36-25-21-8-22-16(10-29-31-22)7-20(21)23(17-6-18(27)11-28-9-17)24(30-25)15-2-4-35-5-3-15/h6-11,14-15,19,33H,2-5,12-13H2,1H3,(H,29,31)/t14-/m0/s1. The van der Waals surface area contributed by atoms with E-state index >= 15 is 0 Å². The second-order valence-electron chi connectivity index (χ2n) is 9.47. The second kappa shape index (κ2) is 9.11. The zero-order valence-corrected chi connectivity index (χ0v) is 19.8. The topological polar surface area (TPSA) is 113 Å². The number of ether oxygens (including phenoxy) is 2. The number of carbonyl (C=O) groups is 1. The van der Waals surface area contributed by atoms with Crippen LogP contribution in [0.15, 0.2) is 36.8 Å². The number of fused-ring (bicyclic) bond motifs is 2. The van der Waals surface area contributed by atoms with E-state index in [4.69, 9.17) is 14.5 Å². The third-order valence-corrected chi connectivity index (χ3v) is 6.95. The molecule has 1 amide bonds. The third kappa shape index (κ3) is 4.06. The van der Waals surface area contributed by atoms with Gasteiger partial charge in [0.05, 0.1) is 36.7 Å². The number of nitrogens with zero attached hydrogens (tertiary/aromatic N) is 4. The summed E-state index contributed by atoms with van der Waals surface area (Å²) in [7, 11) is 0. The van der Waals surface area contributed by atoms with Crippen LogP contribution >= 0.6 is 0 Å². The molecule has 0 unspecified atom stereocenters. The summed E-state index contributed by atoms with van der Waals surface area (Å²) in [4.78, 5) is 22.8. The predicted octanol–water partition coefficient (Wildman–Crippen LogP) is 3.18. The Morgan fingerprint density at radius 3 is 2.75 bits per heavy atom. The molecule has 0 bridgehead atoms. The second-order valence-corrected chi connectivity index (χ2v) is 9.47. The maximum atomic E-state index is 14.3. The molecule has 2 fully saturated rings. The molecule has 186 valence electrons. The van der Waals surface area contributed by atoms with Gasteiger partial charge in [0.25, 0.3) is 5.91 Å². The monoisotopic (exact) mass is 491 g/mol. The first-order chi connectivity index (χ1) is 17.5. The lowest BCUT2D eigenvalue weighted by molar-refractivity contribution is -0.148. The number of hydrogen-bond donors (Lipinski definition) is 2. The zero-order valence-electron chi connectivity index (χ0n) is 19.8. The van der Waals surface area contributed by atoms with Crippen LogP contribution in [0.5, 0.6) is 5.88 Å². The van der Waals surface area contributed by atoms with Crippen LogP contribution in [-0.4, -0.2) is 74.6 Å². The van der Waals surface area contributed by atoms with Gasteiger partial charge < -0.3 is 19.5 Å². The van der Waals surface area contributed by atoms with Crippen molar-refractivity contribution in [2.45, 2.75) is 37.9 Å². The van der Waals surface area contributed by atoms with Gasteiger partial charge in [0.1, 0.15) is 18.0 Å². The summed E-state index contributed by atoms with van der Waals surface area (Å²) >= 11 is 0. The molecule has 2 aliphatic heterocycles. The van der Waals surface area contributed by atoms with Crippen molar-refractivity contribution in [1.82, 2.24) is 25.1 Å². The molecule has 0 spiro atoms. The highest BCUT2D eigenvalue weighted by molar-refractivity contribution is 6.06. The minimum atomic E-state index is -1.04. The molecule has 1 aromatic carbocycles. The summed E-state index contributed by atoms with van der Waals surface area (Å²) < 4.78 is 26.2. The van der Waals surface area contributed by atoms with E-state index in [0.717, 1.165) is 45.8 Å². The number of likely N-dealkylation sites (tertiary alicyclic amines) is 1. The van der Waals surface area contributed by atoms with Gasteiger partial charge in [0.2, 0.25) is 5.88 Å². The van der Waals surface area contributed by atoms with Crippen molar-refractivity contribution in [2.75, 3.05) is 26.3 Å². The van der Waals surface area contributed by atoms with E-state index in [1.165, 1.54) is 19.2 Å². The van der Waals surface area contributed by atoms with Gasteiger partial charge in [0.15, 0.2) is 0 Å². The molecular formula is C26H26FN5O4. The SMILES string of the molecule is C[C@H](O)C(=O)N1CC(Oc2nc(C3CCOCC3)c(-c3cncc(F)c3)c3cc4cn[nH]c4cc23)C1. The Labute approximate surface area is 206 Å². The van der Waals surface area contributed by atoms with Crippen LogP contribution in [0, 0.1) is 5.82 Å². The van der Waals surface area contributed by atoms with Gasteiger partial charge in [-0.15, -0.1) is 0 Å². The van der Waals surface area contributed by atoms with E-state index in [-0.39, 0.29) is 17.9 Å². The van der Waals surface area contributed by atoms with Gasteiger partial charge in [-0.1, -0.05) is 0 Å². The number of rotatable bonds is 5. The normalized spacial score (nSPS) is 17.9. The van der Waals surface area contributed by atoms with Crippen LogP contribution in [0.25, 0.3) is 32.8 Å². The van der Waals surface area contributed by atoms with Crippen LogP contribution in [0.2, 0.25) is 0 Å². The molecule has 2 aliphatic rings. The first kappa shape index (κ1) is 22.8. The van der Waals surface area contributed by atoms with E-state index in [0.29, 0.717) is 37.7 Å². The minimum absolute atomic E-state index is 0.110. The Hall–Kier alpha value is -3.63. The van der Waals surface area contributed by atoms with Gasteiger partial charge >= 0.3 is 0 Å². The molecule has 4 aromatic rings. The number of carbonyl (C=O) groups excluding carboxylic acids is 1. The van der Waals surface area contributed by atoms with Gasteiger partial charge in [-0.05, 0) is 43.4 Å². The fraction of sp³-hybridized carbons (Fsp3) is 0.385. The van der Waals surface area contributed by atoms with E-state index in [1.54, 1.807) is 17.3 Å². The van der Waals surface area contributed by atoms with Gasteiger partial charge in [0, 0.05) is 47.2 Å². The average molecular weight is 492 g/mol. The summed E-state index contributed by atoms with van der Waals surface area (Å²) in [5.74, 6) is -0.159. The smallest absolute Gasteiger partial charge is 0.251 e. The number of pyridine rings is 2. The summed E-state index contributed by atoms with van der Waals surface area (Å²) in [6.07, 6.45) is 4.90. The van der Waals surface area contributed by atoms with Crippen molar-refractivity contribution < 1.29 is 23.8 Å². The maximum absolute atomic E-state index is 14.3. The number of aliphatic hydroxyl groups is 1. The Morgan fingerprint density at radius 1 is 1.19 bits per heavy atom. The van der Waals surface area contributed by atoms with Crippen LogP contribution in [0.1, 0.15) is 31.4 Å². The Kier molecular flexibility index (Phi) is 5.77. The zero-order chi connectivity index (χ0) is 24.8.